The van der Waals surface area contributed by atoms with E-state index in [0.717, 1.165) is 13.0 Å². The second kappa shape index (κ2) is 8.89. The largest absolute Gasteiger partial charge is 0.345 e. The van der Waals surface area contributed by atoms with E-state index >= 15 is 0 Å². The van der Waals surface area contributed by atoms with E-state index in [4.69, 9.17) is 0 Å². The zero-order valence-electron chi connectivity index (χ0n) is 16.3. The Morgan fingerprint density at radius 1 is 1.16 bits per heavy atom. The van der Waals surface area contributed by atoms with E-state index in [0.29, 0.717) is 18.9 Å². The molecule has 25 heavy (non-hydrogen) atoms. The van der Waals surface area contributed by atoms with Crippen LogP contribution < -0.4 is 0 Å². The number of carbonyl (C=O) groups excluding carboxylic acids is 1. The van der Waals surface area contributed by atoms with Crippen molar-refractivity contribution in [2.45, 2.75) is 66.6 Å². The van der Waals surface area contributed by atoms with Crippen molar-refractivity contribution >= 4 is 5.91 Å². The summed E-state index contributed by atoms with van der Waals surface area (Å²) in [5.74, 6) is 0.702. The molecule has 0 fully saturated rings. The van der Waals surface area contributed by atoms with Gasteiger partial charge in [0.2, 0.25) is 5.91 Å². The summed E-state index contributed by atoms with van der Waals surface area (Å²) in [4.78, 5) is 14.7. The summed E-state index contributed by atoms with van der Waals surface area (Å²) in [5.41, 5.74) is 3.76. The first-order valence-electron chi connectivity index (χ1n) is 9.41. The van der Waals surface area contributed by atoms with Gasteiger partial charge in [0.25, 0.3) is 0 Å². The number of nitrogens with zero attached hydrogens (tertiary/aromatic N) is 2. The second-order valence-corrected chi connectivity index (χ2v) is 7.37. The van der Waals surface area contributed by atoms with Gasteiger partial charge in [0.15, 0.2) is 0 Å². The Morgan fingerprint density at radius 3 is 2.56 bits per heavy atom. The standard InChI is InChI=1S/C22H32N2O/c1-6-9-22(25)24(19(5)17(2)3)16-21-12-8-13-23(21)15-20-11-7-10-18(4)14-20/h7-8,10-14,17,19H,6,9,15-16H2,1-5H3/t19-/m0/s1. The highest BCUT2D eigenvalue weighted by Crippen LogP contribution is 2.18. The van der Waals surface area contributed by atoms with Crippen molar-refractivity contribution in [2.75, 3.05) is 0 Å². The van der Waals surface area contributed by atoms with Crippen molar-refractivity contribution in [3.8, 4) is 0 Å². The molecule has 0 bridgehead atoms. The lowest BCUT2D eigenvalue weighted by atomic mass is 10.0. The number of hydrogen-bond donors (Lipinski definition) is 0. The highest BCUT2D eigenvalue weighted by Gasteiger charge is 2.23. The van der Waals surface area contributed by atoms with E-state index in [2.05, 4.69) is 86.7 Å². The van der Waals surface area contributed by atoms with Crippen LogP contribution in [0.15, 0.2) is 42.6 Å². The number of aryl methyl sites for hydroxylation is 1. The van der Waals surface area contributed by atoms with Gasteiger partial charge in [-0.2, -0.15) is 0 Å². The predicted octanol–water partition coefficient (Wildman–Crippen LogP) is 5.02. The molecular formula is C22H32N2O. The summed E-state index contributed by atoms with van der Waals surface area (Å²) in [7, 11) is 0. The van der Waals surface area contributed by atoms with Gasteiger partial charge >= 0.3 is 0 Å². The lowest BCUT2D eigenvalue weighted by Crippen LogP contribution is -2.41. The van der Waals surface area contributed by atoms with Crippen LogP contribution in [0, 0.1) is 12.8 Å². The number of benzene rings is 1. The molecule has 1 aromatic carbocycles. The van der Waals surface area contributed by atoms with E-state index < -0.39 is 0 Å². The summed E-state index contributed by atoms with van der Waals surface area (Å²) in [5, 5.41) is 0. The minimum atomic E-state index is 0.237. The molecule has 0 aliphatic carbocycles. The Bertz CT molecular complexity index is 687. The predicted molar refractivity (Wildman–Crippen MR) is 104 cm³/mol. The Morgan fingerprint density at radius 2 is 1.92 bits per heavy atom. The molecule has 136 valence electrons. The van der Waals surface area contributed by atoms with Gasteiger partial charge < -0.3 is 9.47 Å². The minimum absolute atomic E-state index is 0.237. The fourth-order valence-electron chi connectivity index (χ4n) is 3.11. The average Bonchev–Trinajstić information content (AvgIpc) is 2.99. The van der Waals surface area contributed by atoms with Gasteiger partial charge in [0.05, 0.1) is 6.54 Å². The zero-order chi connectivity index (χ0) is 18.4. The maximum Gasteiger partial charge on any atom is 0.223 e. The van der Waals surface area contributed by atoms with Crippen LogP contribution in [0.4, 0.5) is 0 Å². The van der Waals surface area contributed by atoms with E-state index in [-0.39, 0.29) is 11.9 Å². The number of amides is 1. The van der Waals surface area contributed by atoms with Crippen LogP contribution in [0.1, 0.15) is 57.4 Å². The molecule has 0 N–H and O–H groups in total. The molecule has 2 aromatic rings. The van der Waals surface area contributed by atoms with Crippen LogP contribution in [-0.2, 0) is 17.9 Å². The summed E-state index contributed by atoms with van der Waals surface area (Å²) in [6, 6.07) is 13.1. The minimum Gasteiger partial charge on any atom is -0.345 e. The van der Waals surface area contributed by atoms with Crippen LogP contribution in [0.5, 0.6) is 0 Å². The van der Waals surface area contributed by atoms with Crippen LogP contribution in [-0.4, -0.2) is 21.4 Å². The fraction of sp³-hybridized carbons (Fsp3) is 0.500. The lowest BCUT2D eigenvalue weighted by Gasteiger charge is -2.32. The molecule has 0 aliphatic rings. The quantitative estimate of drug-likeness (QED) is 0.662. The normalized spacial score (nSPS) is 12.4. The zero-order valence-corrected chi connectivity index (χ0v) is 16.3. The first-order chi connectivity index (χ1) is 11.9. The van der Waals surface area contributed by atoms with E-state index in [1.165, 1.54) is 16.8 Å². The molecule has 1 aromatic heterocycles. The summed E-state index contributed by atoms with van der Waals surface area (Å²) in [6.45, 7) is 12.2. The lowest BCUT2D eigenvalue weighted by molar-refractivity contribution is -0.135. The van der Waals surface area contributed by atoms with Gasteiger partial charge in [-0.25, -0.2) is 0 Å². The highest BCUT2D eigenvalue weighted by molar-refractivity contribution is 5.76. The SMILES string of the molecule is CCCC(=O)N(Cc1cccn1Cc1cccc(C)c1)[C@@H](C)C(C)C. The van der Waals surface area contributed by atoms with Crippen LogP contribution in [0.25, 0.3) is 0 Å². The van der Waals surface area contributed by atoms with Gasteiger partial charge in [0, 0.05) is 30.9 Å². The summed E-state index contributed by atoms with van der Waals surface area (Å²) < 4.78 is 2.26. The van der Waals surface area contributed by atoms with Crippen molar-refractivity contribution < 1.29 is 4.79 Å². The fourth-order valence-corrected chi connectivity index (χ4v) is 3.11. The van der Waals surface area contributed by atoms with Crippen LogP contribution in [0.3, 0.4) is 0 Å². The van der Waals surface area contributed by atoms with Gasteiger partial charge in [0.1, 0.15) is 0 Å². The third-order valence-corrected chi connectivity index (χ3v) is 4.93. The summed E-state index contributed by atoms with van der Waals surface area (Å²) >= 11 is 0. The van der Waals surface area contributed by atoms with E-state index in [1.807, 2.05) is 0 Å². The number of aromatic nitrogens is 1. The molecule has 1 atom stereocenters. The molecule has 1 heterocycles. The molecule has 0 aliphatic heterocycles. The average molecular weight is 341 g/mol. The van der Waals surface area contributed by atoms with Gasteiger partial charge in [-0.1, -0.05) is 50.6 Å². The Hall–Kier alpha value is -2.03. The molecule has 0 spiro atoms. The Labute approximate surface area is 152 Å². The van der Waals surface area contributed by atoms with E-state index in [9.17, 15) is 4.79 Å². The van der Waals surface area contributed by atoms with E-state index in [1.54, 1.807) is 0 Å². The third kappa shape index (κ3) is 5.22. The highest BCUT2D eigenvalue weighted by atomic mass is 16.2. The molecule has 0 radical (unpaired) electrons. The van der Waals surface area contributed by atoms with Gasteiger partial charge in [-0.15, -0.1) is 0 Å². The van der Waals surface area contributed by atoms with Crippen molar-refractivity contribution in [1.82, 2.24) is 9.47 Å². The molecule has 2 rings (SSSR count). The van der Waals surface area contributed by atoms with Gasteiger partial charge in [-0.3, -0.25) is 4.79 Å². The topological polar surface area (TPSA) is 25.2 Å². The summed E-state index contributed by atoms with van der Waals surface area (Å²) in [6.07, 6.45) is 3.63. The Kier molecular flexibility index (Phi) is 6.86. The monoisotopic (exact) mass is 340 g/mol. The van der Waals surface area contributed by atoms with Crippen LogP contribution >= 0.6 is 0 Å². The molecule has 0 unspecified atom stereocenters. The number of carbonyl (C=O) groups is 1. The second-order valence-electron chi connectivity index (χ2n) is 7.37. The van der Waals surface area contributed by atoms with Gasteiger partial charge in [-0.05, 0) is 43.9 Å². The first kappa shape index (κ1) is 19.3. The van der Waals surface area contributed by atoms with Crippen molar-refractivity contribution in [3.63, 3.8) is 0 Å². The van der Waals surface area contributed by atoms with Crippen molar-refractivity contribution in [2.24, 2.45) is 5.92 Å². The maximum atomic E-state index is 12.6. The third-order valence-electron chi connectivity index (χ3n) is 4.93. The van der Waals surface area contributed by atoms with Crippen molar-refractivity contribution in [3.05, 3.63) is 59.4 Å². The molecule has 3 heteroatoms. The smallest absolute Gasteiger partial charge is 0.223 e. The molecule has 0 saturated carbocycles. The molecule has 0 saturated heterocycles. The molecule has 1 amide bonds. The van der Waals surface area contributed by atoms with Crippen LogP contribution in [0.2, 0.25) is 0 Å². The Balaban J connectivity index is 2.19. The molecule has 3 nitrogen and oxygen atoms in total. The number of hydrogen-bond acceptors (Lipinski definition) is 1. The first-order valence-corrected chi connectivity index (χ1v) is 9.41. The van der Waals surface area contributed by atoms with Crippen molar-refractivity contribution in [1.29, 1.82) is 0 Å². The number of rotatable bonds is 8. The molecular weight excluding hydrogens is 308 g/mol. The maximum absolute atomic E-state index is 12.6.